The van der Waals surface area contributed by atoms with Crippen molar-refractivity contribution in [2.45, 2.75) is 18.9 Å². The van der Waals surface area contributed by atoms with Gasteiger partial charge in [0.15, 0.2) is 11.5 Å². The van der Waals surface area contributed by atoms with E-state index in [1.165, 1.54) is 11.1 Å². The van der Waals surface area contributed by atoms with Gasteiger partial charge in [0.05, 0.1) is 17.3 Å². The maximum atomic E-state index is 12.5. The first kappa shape index (κ1) is 16.2. The van der Waals surface area contributed by atoms with Gasteiger partial charge in [0.25, 0.3) is 0 Å². The number of hydrogen-bond donors (Lipinski definition) is 1. The Hall–Kier alpha value is -2.24. The summed E-state index contributed by atoms with van der Waals surface area (Å²) in [5.74, 6) is 1.09. The zero-order valence-corrected chi connectivity index (χ0v) is 14.7. The van der Waals surface area contributed by atoms with Crippen molar-refractivity contribution in [1.29, 1.82) is 0 Å². The van der Waals surface area contributed by atoms with E-state index in [2.05, 4.69) is 34.5 Å². The fourth-order valence-electron chi connectivity index (χ4n) is 3.53. The summed E-state index contributed by atoms with van der Waals surface area (Å²) < 4.78 is 10.6. The van der Waals surface area contributed by atoms with Crippen LogP contribution in [0.4, 0.5) is 5.69 Å². The van der Waals surface area contributed by atoms with Crippen molar-refractivity contribution in [3.63, 3.8) is 0 Å². The summed E-state index contributed by atoms with van der Waals surface area (Å²) in [7, 11) is 1.98. The topological polar surface area (TPSA) is 50.8 Å². The number of hydrogen-bond acceptors (Lipinski definition) is 4. The second-order valence-corrected chi connectivity index (χ2v) is 6.81. The molecule has 4 rings (SSSR count). The molecule has 6 heteroatoms. The number of nitrogens with one attached hydrogen (secondary N) is 1. The van der Waals surface area contributed by atoms with Crippen LogP contribution in [0.2, 0.25) is 5.02 Å². The van der Waals surface area contributed by atoms with E-state index in [0.29, 0.717) is 28.8 Å². The van der Waals surface area contributed by atoms with Crippen LogP contribution in [-0.2, 0) is 11.2 Å². The fourth-order valence-corrected chi connectivity index (χ4v) is 3.73. The molecule has 0 unspecified atom stereocenters. The SMILES string of the molecule is CN(CC(=O)Nc1cc2c(cc1Cl)OCO2)[C@H]1CCc2ccccc21. The Balaban J connectivity index is 1.43. The monoisotopic (exact) mass is 358 g/mol. The zero-order valence-electron chi connectivity index (χ0n) is 13.9. The highest BCUT2D eigenvalue weighted by atomic mass is 35.5. The molecule has 2 aliphatic rings. The summed E-state index contributed by atoms with van der Waals surface area (Å²) in [5.41, 5.74) is 3.23. The number of amides is 1. The minimum absolute atomic E-state index is 0.104. The van der Waals surface area contributed by atoms with Crippen LogP contribution >= 0.6 is 11.6 Å². The molecule has 1 aliphatic heterocycles. The molecular weight excluding hydrogens is 340 g/mol. The molecule has 0 bridgehead atoms. The lowest BCUT2D eigenvalue weighted by Gasteiger charge is -2.24. The minimum Gasteiger partial charge on any atom is -0.454 e. The van der Waals surface area contributed by atoms with Crippen molar-refractivity contribution in [1.82, 2.24) is 4.90 Å². The second kappa shape index (κ2) is 6.58. The molecule has 0 aromatic heterocycles. The van der Waals surface area contributed by atoms with Gasteiger partial charge in [0.1, 0.15) is 0 Å². The Bertz CT molecular complexity index is 824. The van der Waals surface area contributed by atoms with Crippen LogP contribution in [0.1, 0.15) is 23.6 Å². The maximum Gasteiger partial charge on any atom is 0.238 e. The van der Waals surface area contributed by atoms with Gasteiger partial charge < -0.3 is 14.8 Å². The first-order chi connectivity index (χ1) is 12.1. The number of carbonyl (C=O) groups is 1. The molecule has 0 saturated carbocycles. The Kier molecular flexibility index (Phi) is 4.27. The fraction of sp³-hybridized carbons (Fsp3) is 0.316. The van der Waals surface area contributed by atoms with Gasteiger partial charge in [-0.1, -0.05) is 35.9 Å². The van der Waals surface area contributed by atoms with Gasteiger partial charge in [-0.15, -0.1) is 0 Å². The van der Waals surface area contributed by atoms with Gasteiger partial charge in [-0.05, 0) is 31.0 Å². The van der Waals surface area contributed by atoms with Crippen molar-refractivity contribution < 1.29 is 14.3 Å². The number of rotatable bonds is 4. The number of halogens is 1. The smallest absolute Gasteiger partial charge is 0.238 e. The van der Waals surface area contributed by atoms with Crippen LogP contribution in [0.25, 0.3) is 0 Å². The first-order valence-electron chi connectivity index (χ1n) is 8.29. The zero-order chi connectivity index (χ0) is 17.4. The number of fused-ring (bicyclic) bond motifs is 2. The molecule has 0 fully saturated rings. The van der Waals surface area contributed by atoms with E-state index < -0.39 is 0 Å². The third-order valence-electron chi connectivity index (χ3n) is 4.76. The molecule has 1 aliphatic carbocycles. The summed E-state index contributed by atoms with van der Waals surface area (Å²) in [5, 5.41) is 3.31. The molecule has 1 atom stereocenters. The molecule has 1 heterocycles. The van der Waals surface area contributed by atoms with Gasteiger partial charge in [-0.3, -0.25) is 9.69 Å². The van der Waals surface area contributed by atoms with Gasteiger partial charge in [0.2, 0.25) is 12.7 Å². The van der Waals surface area contributed by atoms with Gasteiger partial charge in [-0.2, -0.15) is 0 Å². The molecule has 2 aromatic rings. The predicted octanol–water partition coefficient (Wildman–Crippen LogP) is 3.63. The average Bonchev–Trinajstić information content (AvgIpc) is 3.21. The third-order valence-corrected chi connectivity index (χ3v) is 5.08. The molecule has 0 radical (unpaired) electrons. The van der Waals surface area contributed by atoms with E-state index in [1.54, 1.807) is 12.1 Å². The van der Waals surface area contributed by atoms with Gasteiger partial charge in [0, 0.05) is 18.2 Å². The van der Waals surface area contributed by atoms with Crippen molar-refractivity contribution >= 4 is 23.2 Å². The van der Waals surface area contributed by atoms with Crippen molar-refractivity contribution in [3.05, 3.63) is 52.5 Å². The first-order valence-corrected chi connectivity index (χ1v) is 8.66. The van der Waals surface area contributed by atoms with E-state index in [9.17, 15) is 4.79 Å². The van der Waals surface area contributed by atoms with E-state index in [-0.39, 0.29) is 18.7 Å². The Morgan fingerprint density at radius 2 is 2.04 bits per heavy atom. The lowest BCUT2D eigenvalue weighted by molar-refractivity contribution is -0.117. The van der Waals surface area contributed by atoms with Crippen molar-refractivity contribution in [2.24, 2.45) is 0 Å². The number of anilines is 1. The average molecular weight is 359 g/mol. The van der Waals surface area contributed by atoms with Crippen LogP contribution in [-0.4, -0.2) is 31.2 Å². The largest absolute Gasteiger partial charge is 0.454 e. The van der Waals surface area contributed by atoms with Crippen LogP contribution in [0, 0.1) is 0 Å². The summed E-state index contributed by atoms with van der Waals surface area (Å²) in [6.07, 6.45) is 2.09. The second-order valence-electron chi connectivity index (χ2n) is 6.40. The number of likely N-dealkylation sites (N-methyl/N-ethyl adjacent to an activating group) is 1. The molecular formula is C19H19ClN2O3. The lowest BCUT2D eigenvalue weighted by atomic mass is 10.1. The summed E-state index contributed by atoms with van der Waals surface area (Å²) in [4.78, 5) is 14.5. The van der Waals surface area contributed by atoms with E-state index >= 15 is 0 Å². The standard InChI is InChI=1S/C19H19ClN2O3/c1-22(16-7-6-12-4-2-3-5-13(12)16)10-19(23)21-15-9-18-17(8-14(15)20)24-11-25-18/h2-5,8-9,16H,6-7,10-11H2,1H3,(H,21,23)/t16-/m0/s1. The highest BCUT2D eigenvalue weighted by molar-refractivity contribution is 6.34. The highest BCUT2D eigenvalue weighted by Crippen LogP contribution is 2.39. The number of nitrogens with zero attached hydrogens (tertiary/aromatic N) is 1. The summed E-state index contributed by atoms with van der Waals surface area (Å²) in [6, 6.07) is 12.1. The Morgan fingerprint density at radius 3 is 2.88 bits per heavy atom. The van der Waals surface area contributed by atoms with Crippen LogP contribution < -0.4 is 14.8 Å². The van der Waals surface area contributed by atoms with Crippen molar-refractivity contribution in [2.75, 3.05) is 25.7 Å². The summed E-state index contributed by atoms with van der Waals surface area (Å²) in [6.45, 7) is 0.469. The minimum atomic E-state index is -0.104. The molecule has 2 aromatic carbocycles. The number of aryl methyl sites for hydroxylation is 1. The number of benzene rings is 2. The van der Waals surface area contributed by atoms with E-state index in [1.807, 2.05) is 7.05 Å². The van der Waals surface area contributed by atoms with Gasteiger partial charge >= 0.3 is 0 Å². The normalized spacial score (nSPS) is 17.6. The number of carbonyl (C=O) groups excluding carboxylic acids is 1. The molecule has 0 saturated heterocycles. The molecule has 0 spiro atoms. The number of ether oxygens (including phenoxy) is 2. The molecule has 1 amide bonds. The molecule has 25 heavy (non-hydrogen) atoms. The molecule has 130 valence electrons. The van der Waals surface area contributed by atoms with Crippen LogP contribution in [0.15, 0.2) is 36.4 Å². The van der Waals surface area contributed by atoms with E-state index in [0.717, 1.165) is 12.8 Å². The lowest BCUT2D eigenvalue weighted by Crippen LogP contribution is -2.32. The van der Waals surface area contributed by atoms with Crippen LogP contribution in [0.5, 0.6) is 11.5 Å². The Morgan fingerprint density at radius 1 is 1.28 bits per heavy atom. The summed E-state index contributed by atoms with van der Waals surface area (Å²) >= 11 is 6.22. The quantitative estimate of drug-likeness (QED) is 0.906. The molecule has 5 nitrogen and oxygen atoms in total. The molecule has 1 N–H and O–H groups in total. The predicted molar refractivity (Wildman–Crippen MR) is 96.3 cm³/mol. The van der Waals surface area contributed by atoms with E-state index in [4.69, 9.17) is 21.1 Å². The third kappa shape index (κ3) is 3.17. The van der Waals surface area contributed by atoms with Gasteiger partial charge in [-0.25, -0.2) is 0 Å². The van der Waals surface area contributed by atoms with Crippen LogP contribution in [0.3, 0.4) is 0 Å². The van der Waals surface area contributed by atoms with Crippen molar-refractivity contribution in [3.8, 4) is 11.5 Å². The maximum absolute atomic E-state index is 12.5. The Labute approximate surface area is 151 Å². The highest BCUT2D eigenvalue weighted by Gasteiger charge is 2.26.